The highest BCUT2D eigenvalue weighted by Gasteiger charge is 2.34. The van der Waals surface area contributed by atoms with Crippen LogP contribution >= 0.6 is 0 Å². The Morgan fingerprint density at radius 3 is 2.52 bits per heavy atom. The van der Waals surface area contributed by atoms with Gasteiger partial charge < -0.3 is 4.90 Å². The van der Waals surface area contributed by atoms with Gasteiger partial charge >= 0.3 is 0 Å². The summed E-state index contributed by atoms with van der Waals surface area (Å²) in [6.07, 6.45) is 8.00. The summed E-state index contributed by atoms with van der Waals surface area (Å²) >= 11 is 0. The first-order valence-electron chi connectivity index (χ1n) is 9.26. The summed E-state index contributed by atoms with van der Waals surface area (Å²) in [4.78, 5) is 18.6. The number of nitrogens with zero attached hydrogens (tertiary/aromatic N) is 4. The summed E-state index contributed by atoms with van der Waals surface area (Å²) in [6, 6.07) is 8.47. The Kier molecular flexibility index (Phi) is 5.51. The van der Waals surface area contributed by atoms with Crippen LogP contribution in [0.15, 0.2) is 36.9 Å². The molecule has 1 fully saturated rings. The Morgan fingerprint density at radius 2 is 1.92 bits per heavy atom. The fourth-order valence-corrected chi connectivity index (χ4v) is 3.68. The van der Waals surface area contributed by atoms with Gasteiger partial charge in [-0.15, -0.1) is 0 Å². The maximum absolute atomic E-state index is 12.6. The van der Waals surface area contributed by atoms with E-state index >= 15 is 0 Å². The molecular formula is C20H28N4O. The standard InChI is InChI=1S/C20H28N4O/c1-3-20(14-24-16-21-15-22-24)10-12-23(13-11-20)19(25)9-8-18-6-4-17(2)5-7-18/h4-7,15-16H,3,8-14H2,1-2H3. The van der Waals surface area contributed by atoms with Crippen LogP contribution in [0.5, 0.6) is 0 Å². The molecule has 0 aliphatic carbocycles. The molecule has 5 heteroatoms. The summed E-state index contributed by atoms with van der Waals surface area (Å²) < 4.78 is 1.93. The largest absolute Gasteiger partial charge is 0.343 e. The highest BCUT2D eigenvalue weighted by atomic mass is 16.2. The third-order valence-corrected chi connectivity index (χ3v) is 5.64. The summed E-state index contributed by atoms with van der Waals surface area (Å²) in [5.41, 5.74) is 2.74. The zero-order valence-electron chi connectivity index (χ0n) is 15.3. The minimum Gasteiger partial charge on any atom is -0.343 e. The number of hydrogen-bond acceptors (Lipinski definition) is 3. The molecule has 0 bridgehead atoms. The van der Waals surface area contributed by atoms with Crippen molar-refractivity contribution in [2.45, 2.75) is 52.5 Å². The zero-order chi connectivity index (χ0) is 17.7. The number of aromatic nitrogens is 3. The van der Waals surface area contributed by atoms with Crippen LogP contribution < -0.4 is 0 Å². The van der Waals surface area contributed by atoms with Gasteiger partial charge in [0.05, 0.1) is 0 Å². The Labute approximate surface area is 150 Å². The molecular weight excluding hydrogens is 312 g/mol. The van der Waals surface area contributed by atoms with Crippen molar-refractivity contribution in [1.82, 2.24) is 19.7 Å². The van der Waals surface area contributed by atoms with E-state index in [4.69, 9.17) is 0 Å². The van der Waals surface area contributed by atoms with Crippen molar-refractivity contribution in [1.29, 1.82) is 0 Å². The summed E-state index contributed by atoms with van der Waals surface area (Å²) in [5.74, 6) is 0.283. The van der Waals surface area contributed by atoms with Gasteiger partial charge in [-0.25, -0.2) is 4.98 Å². The average molecular weight is 340 g/mol. The number of aryl methyl sites for hydroxylation is 2. The van der Waals surface area contributed by atoms with Crippen molar-refractivity contribution in [2.75, 3.05) is 13.1 Å². The number of likely N-dealkylation sites (tertiary alicyclic amines) is 1. The molecule has 0 saturated carbocycles. The van der Waals surface area contributed by atoms with E-state index in [1.165, 1.54) is 11.1 Å². The van der Waals surface area contributed by atoms with Crippen molar-refractivity contribution >= 4 is 5.91 Å². The average Bonchev–Trinajstić information content (AvgIpc) is 3.14. The minimum atomic E-state index is 0.238. The quantitative estimate of drug-likeness (QED) is 0.811. The number of carbonyl (C=O) groups is 1. The van der Waals surface area contributed by atoms with Crippen molar-refractivity contribution in [2.24, 2.45) is 5.41 Å². The van der Waals surface area contributed by atoms with E-state index < -0.39 is 0 Å². The van der Waals surface area contributed by atoms with Crippen LogP contribution in [-0.2, 0) is 17.8 Å². The van der Waals surface area contributed by atoms with Crippen molar-refractivity contribution < 1.29 is 4.79 Å². The summed E-state index contributed by atoms with van der Waals surface area (Å²) in [6.45, 7) is 6.94. The fourth-order valence-electron chi connectivity index (χ4n) is 3.68. The predicted molar refractivity (Wildman–Crippen MR) is 98.1 cm³/mol. The highest BCUT2D eigenvalue weighted by Crippen LogP contribution is 2.36. The Bertz CT molecular complexity index is 670. The lowest BCUT2D eigenvalue weighted by molar-refractivity contribution is -0.133. The molecule has 2 aromatic rings. The Hall–Kier alpha value is -2.17. The lowest BCUT2D eigenvalue weighted by atomic mass is 9.76. The van der Waals surface area contributed by atoms with Crippen LogP contribution in [0.2, 0.25) is 0 Å². The first-order valence-corrected chi connectivity index (χ1v) is 9.26. The number of carbonyl (C=O) groups excluding carboxylic acids is 1. The highest BCUT2D eigenvalue weighted by molar-refractivity contribution is 5.76. The van der Waals surface area contributed by atoms with Gasteiger partial charge in [0, 0.05) is 26.1 Å². The molecule has 3 rings (SSSR count). The molecule has 1 aromatic carbocycles. The molecule has 5 nitrogen and oxygen atoms in total. The van der Waals surface area contributed by atoms with E-state index in [1.807, 2.05) is 9.58 Å². The van der Waals surface area contributed by atoms with Crippen LogP contribution in [0.25, 0.3) is 0 Å². The molecule has 2 heterocycles. The SMILES string of the molecule is CCC1(Cn2cncn2)CCN(C(=O)CCc2ccc(C)cc2)CC1. The molecule has 1 aliphatic rings. The first-order chi connectivity index (χ1) is 12.1. The Balaban J connectivity index is 1.50. The lowest BCUT2D eigenvalue weighted by Gasteiger charge is -2.41. The number of benzene rings is 1. The van der Waals surface area contributed by atoms with Crippen LogP contribution in [0.3, 0.4) is 0 Å². The molecule has 0 N–H and O–H groups in total. The maximum atomic E-state index is 12.6. The molecule has 134 valence electrons. The van der Waals surface area contributed by atoms with Gasteiger partial charge in [0.2, 0.25) is 5.91 Å². The van der Waals surface area contributed by atoms with Crippen LogP contribution in [0.1, 0.15) is 43.7 Å². The number of rotatable bonds is 6. The van der Waals surface area contributed by atoms with E-state index in [0.717, 1.165) is 45.3 Å². The van der Waals surface area contributed by atoms with Gasteiger partial charge in [-0.1, -0.05) is 36.8 Å². The van der Waals surface area contributed by atoms with Crippen molar-refractivity contribution in [3.8, 4) is 0 Å². The van der Waals surface area contributed by atoms with Gasteiger partial charge in [0.25, 0.3) is 0 Å². The maximum Gasteiger partial charge on any atom is 0.222 e. The smallest absolute Gasteiger partial charge is 0.222 e. The van der Waals surface area contributed by atoms with E-state index in [1.54, 1.807) is 12.7 Å². The second-order valence-electron chi connectivity index (χ2n) is 7.31. The minimum absolute atomic E-state index is 0.238. The van der Waals surface area contributed by atoms with Gasteiger partial charge in [-0.3, -0.25) is 9.48 Å². The monoisotopic (exact) mass is 340 g/mol. The van der Waals surface area contributed by atoms with Gasteiger partial charge in [0.1, 0.15) is 12.7 Å². The van der Waals surface area contributed by atoms with Gasteiger partial charge in [-0.05, 0) is 43.6 Å². The first kappa shape index (κ1) is 17.6. The number of amides is 1. The summed E-state index contributed by atoms with van der Waals surface area (Å²) in [5, 5.41) is 4.25. The van der Waals surface area contributed by atoms with Crippen molar-refractivity contribution in [3.63, 3.8) is 0 Å². The van der Waals surface area contributed by atoms with Crippen LogP contribution in [-0.4, -0.2) is 38.7 Å². The van der Waals surface area contributed by atoms with Crippen LogP contribution in [0, 0.1) is 12.3 Å². The summed E-state index contributed by atoms with van der Waals surface area (Å²) in [7, 11) is 0. The third-order valence-electron chi connectivity index (χ3n) is 5.64. The normalized spacial score (nSPS) is 16.8. The predicted octanol–water partition coefficient (Wildman–Crippen LogP) is 3.24. The van der Waals surface area contributed by atoms with Crippen molar-refractivity contribution in [3.05, 3.63) is 48.0 Å². The Morgan fingerprint density at radius 1 is 1.20 bits per heavy atom. The molecule has 1 aromatic heterocycles. The number of piperidine rings is 1. The number of hydrogen-bond donors (Lipinski definition) is 0. The molecule has 1 aliphatic heterocycles. The second kappa shape index (κ2) is 7.81. The third kappa shape index (κ3) is 4.47. The van der Waals surface area contributed by atoms with Gasteiger partial charge in [-0.2, -0.15) is 5.10 Å². The van der Waals surface area contributed by atoms with Gasteiger partial charge in [0.15, 0.2) is 0 Å². The lowest BCUT2D eigenvalue weighted by Crippen LogP contribution is -2.44. The molecule has 0 unspecified atom stereocenters. The molecule has 0 atom stereocenters. The van der Waals surface area contributed by atoms with E-state index in [-0.39, 0.29) is 11.3 Å². The van der Waals surface area contributed by atoms with E-state index in [0.29, 0.717) is 6.42 Å². The molecule has 0 radical (unpaired) electrons. The van der Waals surface area contributed by atoms with E-state index in [9.17, 15) is 4.79 Å². The van der Waals surface area contributed by atoms with Crippen LogP contribution in [0.4, 0.5) is 0 Å². The van der Waals surface area contributed by atoms with E-state index in [2.05, 4.69) is 48.2 Å². The zero-order valence-corrected chi connectivity index (χ0v) is 15.3. The topological polar surface area (TPSA) is 51.0 Å². The molecule has 1 amide bonds. The molecule has 0 spiro atoms. The molecule has 1 saturated heterocycles. The molecule has 25 heavy (non-hydrogen) atoms. The second-order valence-corrected chi connectivity index (χ2v) is 7.31. The fraction of sp³-hybridized carbons (Fsp3) is 0.550.